The number of aromatic hydroxyl groups is 1. The van der Waals surface area contributed by atoms with E-state index >= 15 is 0 Å². The molecule has 0 saturated carbocycles. The molecule has 3 rings (SSSR count). The van der Waals surface area contributed by atoms with E-state index in [1.165, 1.54) is 12.1 Å². The first-order valence-electron chi connectivity index (χ1n) is 10.5. The average molecular weight is 437 g/mol. The van der Waals surface area contributed by atoms with Crippen molar-refractivity contribution in [3.63, 3.8) is 0 Å². The van der Waals surface area contributed by atoms with Gasteiger partial charge in [0, 0.05) is 41.3 Å². The third-order valence-electron chi connectivity index (χ3n) is 5.01. The fraction of sp³-hybridized carbons (Fsp3) is 0.348. The maximum absolute atomic E-state index is 12.4. The lowest BCUT2D eigenvalue weighted by molar-refractivity contribution is -0.120. The summed E-state index contributed by atoms with van der Waals surface area (Å²) in [5, 5.41) is 19.6. The largest absolute Gasteiger partial charge is 0.508 e. The van der Waals surface area contributed by atoms with Crippen LogP contribution in [0.1, 0.15) is 45.1 Å². The van der Waals surface area contributed by atoms with Crippen LogP contribution in [0.25, 0.3) is 5.95 Å². The smallest absolute Gasteiger partial charge is 0.251 e. The van der Waals surface area contributed by atoms with Gasteiger partial charge in [0.2, 0.25) is 5.91 Å². The highest BCUT2D eigenvalue weighted by molar-refractivity contribution is 5.94. The first-order valence-corrected chi connectivity index (χ1v) is 10.5. The summed E-state index contributed by atoms with van der Waals surface area (Å²) in [6.07, 6.45) is 0.794. The minimum Gasteiger partial charge on any atom is -0.508 e. The number of hydrogen-bond donors (Lipinski definition) is 3. The molecular weight excluding hydrogens is 408 g/mol. The van der Waals surface area contributed by atoms with Crippen molar-refractivity contribution >= 4 is 11.8 Å². The number of carbonyl (C=O) groups is 2. The van der Waals surface area contributed by atoms with Gasteiger partial charge < -0.3 is 15.7 Å². The summed E-state index contributed by atoms with van der Waals surface area (Å²) in [4.78, 5) is 33.4. The van der Waals surface area contributed by atoms with Gasteiger partial charge in [0.1, 0.15) is 5.75 Å². The van der Waals surface area contributed by atoms with Crippen LogP contribution >= 0.6 is 0 Å². The maximum Gasteiger partial charge on any atom is 0.251 e. The summed E-state index contributed by atoms with van der Waals surface area (Å²) in [5.74, 6) is 0.163. The van der Waals surface area contributed by atoms with Gasteiger partial charge in [0.15, 0.2) is 0 Å². The Kier molecular flexibility index (Phi) is 7.19. The molecule has 2 heterocycles. The number of nitrogens with one attached hydrogen (secondary N) is 2. The fourth-order valence-electron chi connectivity index (χ4n) is 3.42. The molecule has 0 radical (unpaired) electrons. The van der Waals surface area contributed by atoms with Crippen LogP contribution in [-0.2, 0) is 11.2 Å². The van der Waals surface area contributed by atoms with Gasteiger partial charge >= 0.3 is 0 Å². The van der Waals surface area contributed by atoms with Crippen LogP contribution in [0, 0.1) is 27.7 Å². The zero-order valence-corrected chi connectivity index (χ0v) is 18.8. The number of phenols is 1. The van der Waals surface area contributed by atoms with Gasteiger partial charge in [0.05, 0.1) is 12.1 Å². The number of hydrogen-bond acceptors (Lipinski definition) is 6. The van der Waals surface area contributed by atoms with E-state index in [1.807, 2.05) is 33.8 Å². The number of benzene rings is 1. The third-order valence-corrected chi connectivity index (χ3v) is 5.01. The molecule has 0 fully saturated rings. The Bertz CT molecular complexity index is 1120. The van der Waals surface area contributed by atoms with Crippen LogP contribution in [0.15, 0.2) is 30.3 Å². The van der Waals surface area contributed by atoms with Gasteiger partial charge in [-0.25, -0.2) is 14.6 Å². The van der Waals surface area contributed by atoms with Gasteiger partial charge in [-0.1, -0.05) is 6.07 Å². The number of aryl methyl sites for hydroxylation is 3. The van der Waals surface area contributed by atoms with Crippen molar-refractivity contribution in [2.24, 2.45) is 0 Å². The number of nitrogens with zero attached hydrogens (tertiary/aromatic N) is 4. The Morgan fingerprint density at radius 2 is 1.69 bits per heavy atom. The Labute approximate surface area is 186 Å². The Morgan fingerprint density at radius 3 is 2.38 bits per heavy atom. The van der Waals surface area contributed by atoms with E-state index in [2.05, 4.69) is 25.7 Å². The second-order valence-electron chi connectivity index (χ2n) is 7.70. The normalized spacial score (nSPS) is 10.8. The first-order chi connectivity index (χ1) is 15.2. The van der Waals surface area contributed by atoms with Crippen LogP contribution in [0.3, 0.4) is 0 Å². The van der Waals surface area contributed by atoms with Crippen LogP contribution in [0.5, 0.6) is 5.75 Å². The van der Waals surface area contributed by atoms with Gasteiger partial charge in [-0.05, 0) is 58.4 Å². The molecular formula is C23H28N6O3. The Hall–Kier alpha value is -3.75. The van der Waals surface area contributed by atoms with Crippen LogP contribution in [0.2, 0.25) is 0 Å². The molecule has 0 aliphatic heterocycles. The average Bonchev–Trinajstić information content (AvgIpc) is 3.01. The monoisotopic (exact) mass is 436 g/mol. The van der Waals surface area contributed by atoms with Crippen molar-refractivity contribution in [2.45, 2.75) is 40.5 Å². The topological polar surface area (TPSA) is 122 Å². The van der Waals surface area contributed by atoms with E-state index in [0.29, 0.717) is 31.0 Å². The molecule has 9 heteroatoms. The molecule has 0 aliphatic carbocycles. The molecule has 2 amide bonds. The van der Waals surface area contributed by atoms with Crippen molar-refractivity contribution in [2.75, 3.05) is 13.1 Å². The molecule has 0 aliphatic rings. The predicted octanol–water partition coefficient (Wildman–Crippen LogP) is 2.08. The highest BCUT2D eigenvalue weighted by atomic mass is 16.3. The minimum absolute atomic E-state index is 0.0444. The van der Waals surface area contributed by atoms with Crippen LogP contribution in [-0.4, -0.2) is 49.8 Å². The molecule has 3 aromatic rings. The molecule has 9 nitrogen and oxygen atoms in total. The number of carbonyl (C=O) groups excluding carboxylic acids is 2. The molecule has 168 valence electrons. The lowest BCUT2D eigenvalue weighted by Gasteiger charge is -2.08. The molecule has 2 aromatic heterocycles. The molecule has 1 aromatic carbocycles. The lowest BCUT2D eigenvalue weighted by atomic mass is 10.1. The number of aromatic nitrogens is 4. The van der Waals surface area contributed by atoms with Gasteiger partial charge in [-0.15, -0.1) is 0 Å². The minimum atomic E-state index is -0.264. The summed E-state index contributed by atoms with van der Waals surface area (Å²) in [7, 11) is 0. The van der Waals surface area contributed by atoms with Crippen molar-refractivity contribution < 1.29 is 14.7 Å². The van der Waals surface area contributed by atoms with E-state index in [0.717, 1.165) is 28.3 Å². The molecule has 0 saturated heterocycles. The lowest BCUT2D eigenvalue weighted by Crippen LogP contribution is -2.30. The van der Waals surface area contributed by atoms with E-state index in [-0.39, 0.29) is 24.0 Å². The summed E-state index contributed by atoms with van der Waals surface area (Å²) >= 11 is 0. The van der Waals surface area contributed by atoms with Crippen molar-refractivity contribution in [1.82, 2.24) is 30.4 Å². The number of phenolic OH excluding ortho intramolecular Hbond substituents is 1. The summed E-state index contributed by atoms with van der Waals surface area (Å²) < 4.78 is 1.68. The zero-order chi connectivity index (χ0) is 23.3. The molecule has 3 N–H and O–H groups in total. The standard InChI is InChI=1S/C23H28N6O3/c1-14-11-15(2)27-23(26-14)29-17(4)20(16(3)28-29)13-21(31)24-9-6-10-25-22(32)18-7-5-8-19(30)12-18/h5,7-8,11-12,30H,6,9-10,13H2,1-4H3,(H,24,31)(H,25,32). The number of amides is 2. The third kappa shape index (κ3) is 5.69. The Morgan fingerprint density at radius 1 is 1.00 bits per heavy atom. The van der Waals surface area contributed by atoms with Crippen molar-refractivity contribution in [3.8, 4) is 11.7 Å². The summed E-state index contributed by atoms with van der Waals surface area (Å²) in [5.41, 5.74) is 4.55. The highest BCUT2D eigenvalue weighted by Gasteiger charge is 2.17. The molecule has 0 atom stereocenters. The summed E-state index contributed by atoms with van der Waals surface area (Å²) in [6, 6.07) is 8.06. The van der Waals surface area contributed by atoms with E-state index in [1.54, 1.807) is 16.8 Å². The quantitative estimate of drug-likeness (QED) is 0.465. The van der Waals surface area contributed by atoms with Crippen molar-refractivity contribution in [1.29, 1.82) is 0 Å². The first kappa shape index (κ1) is 22.9. The van der Waals surface area contributed by atoms with Gasteiger partial charge in [0.25, 0.3) is 11.9 Å². The van der Waals surface area contributed by atoms with Crippen LogP contribution < -0.4 is 10.6 Å². The maximum atomic E-state index is 12.4. The summed E-state index contributed by atoms with van der Waals surface area (Å²) in [6.45, 7) is 8.43. The number of rotatable bonds is 8. The SMILES string of the molecule is Cc1cc(C)nc(-n2nc(C)c(CC(=O)NCCCNC(=O)c3cccc(O)c3)c2C)n1. The zero-order valence-electron chi connectivity index (χ0n) is 18.8. The second-order valence-corrected chi connectivity index (χ2v) is 7.70. The van der Waals surface area contributed by atoms with E-state index in [9.17, 15) is 14.7 Å². The van der Waals surface area contributed by atoms with Gasteiger partial charge in [-0.3, -0.25) is 9.59 Å². The second kappa shape index (κ2) is 10.0. The molecule has 0 spiro atoms. The van der Waals surface area contributed by atoms with Crippen LogP contribution in [0.4, 0.5) is 0 Å². The fourth-order valence-corrected chi connectivity index (χ4v) is 3.42. The predicted molar refractivity (Wildman–Crippen MR) is 120 cm³/mol. The van der Waals surface area contributed by atoms with E-state index < -0.39 is 0 Å². The highest BCUT2D eigenvalue weighted by Crippen LogP contribution is 2.17. The molecule has 0 unspecified atom stereocenters. The molecule has 32 heavy (non-hydrogen) atoms. The van der Waals surface area contributed by atoms with Crippen molar-refractivity contribution in [3.05, 3.63) is 64.2 Å². The Balaban J connectivity index is 1.50. The van der Waals surface area contributed by atoms with E-state index in [4.69, 9.17) is 0 Å². The molecule has 0 bridgehead atoms. The van der Waals surface area contributed by atoms with Gasteiger partial charge in [-0.2, -0.15) is 5.10 Å².